The van der Waals surface area contributed by atoms with Gasteiger partial charge in [0.05, 0.1) is 17.1 Å². The first kappa shape index (κ1) is 26.0. The molecule has 0 spiro atoms. The summed E-state index contributed by atoms with van der Waals surface area (Å²) in [6.07, 6.45) is -2.68. The number of anilines is 1. The quantitative estimate of drug-likeness (QED) is 0.379. The first-order valence-electron chi connectivity index (χ1n) is 11.0. The van der Waals surface area contributed by atoms with Crippen LogP contribution in [0.4, 0.5) is 18.9 Å². The SMILES string of the molecule is O=C(CCc1ccc(Oc2ccnc(C3=NCC(C(=O)O)N3)c2)cc1)Nc1ccc(Cl)c(C(F)(F)F)c1. The average molecular weight is 533 g/mol. The summed E-state index contributed by atoms with van der Waals surface area (Å²) in [6.45, 7) is 0.116. The van der Waals surface area contributed by atoms with Crippen LogP contribution in [0.1, 0.15) is 23.2 Å². The van der Waals surface area contributed by atoms with Gasteiger partial charge in [0, 0.05) is 24.4 Å². The van der Waals surface area contributed by atoms with Gasteiger partial charge in [-0.05, 0) is 48.4 Å². The number of hydrogen-bond donors (Lipinski definition) is 3. The van der Waals surface area contributed by atoms with Crippen molar-refractivity contribution < 1.29 is 32.6 Å². The number of halogens is 4. The molecular formula is C25H20ClF3N4O4. The predicted octanol–water partition coefficient (Wildman–Crippen LogP) is 4.92. The van der Waals surface area contributed by atoms with Crippen molar-refractivity contribution in [2.45, 2.75) is 25.1 Å². The van der Waals surface area contributed by atoms with Crippen molar-refractivity contribution in [2.75, 3.05) is 11.9 Å². The second-order valence-electron chi connectivity index (χ2n) is 8.09. The number of carboxylic acids is 1. The number of carbonyl (C=O) groups excluding carboxylic acids is 1. The van der Waals surface area contributed by atoms with Crippen LogP contribution in [0.3, 0.4) is 0 Å². The van der Waals surface area contributed by atoms with Gasteiger partial charge in [0.25, 0.3) is 0 Å². The number of aliphatic carboxylic acids is 1. The van der Waals surface area contributed by atoms with Crippen LogP contribution in [0.15, 0.2) is 65.8 Å². The summed E-state index contributed by atoms with van der Waals surface area (Å²) < 4.78 is 44.8. The third-order valence-corrected chi connectivity index (χ3v) is 5.70. The lowest BCUT2D eigenvalue weighted by Gasteiger charge is -2.12. The topological polar surface area (TPSA) is 113 Å². The van der Waals surface area contributed by atoms with Crippen molar-refractivity contribution in [1.29, 1.82) is 0 Å². The van der Waals surface area contributed by atoms with E-state index in [0.717, 1.165) is 17.7 Å². The lowest BCUT2D eigenvalue weighted by Crippen LogP contribution is -2.37. The average Bonchev–Trinajstić information content (AvgIpc) is 3.35. The van der Waals surface area contributed by atoms with Crippen LogP contribution >= 0.6 is 11.6 Å². The number of alkyl halides is 3. The number of nitrogens with zero attached hydrogens (tertiary/aromatic N) is 2. The molecule has 192 valence electrons. The minimum absolute atomic E-state index is 0.0134. The number of rotatable bonds is 8. The largest absolute Gasteiger partial charge is 0.480 e. The molecule has 3 aromatic rings. The fraction of sp³-hybridized carbons (Fsp3) is 0.200. The molecule has 8 nitrogen and oxygen atoms in total. The molecule has 0 fully saturated rings. The van der Waals surface area contributed by atoms with Crippen LogP contribution < -0.4 is 15.4 Å². The minimum atomic E-state index is -4.62. The molecule has 0 saturated heterocycles. The summed E-state index contributed by atoms with van der Waals surface area (Å²) in [4.78, 5) is 31.7. The van der Waals surface area contributed by atoms with Crippen molar-refractivity contribution >= 4 is 35.0 Å². The lowest BCUT2D eigenvalue weighted by molar-refractivity contribution is -0.139. The zero-order valence-corrected chi connectivity index (χ0v) is 19.8. The highest BCUT2D eigenvalue weighted by Crippen LogP contribution is 2.36. The van der Waals surface area contributed by atoms with Crippen LogP contribution in [-0.2, 0) is 22.2 Å². The highest BCUT2D eigenvalue weighted by Gasteiger charge is 2.33. The van der Waals surface area contributed by atoms with E-state index in [4.69, 9.17) is 21.4 Å². The molecule has 0 saturated carbocycles. The van der Waals surface area contributed by atoms with Gasteiger partial charge in [-0.2, -0.15) is 13.2 Å². The summed E-state index contributed by atoms with van der Waals surface area (Å²) in [5, 5.41) is 13.9. The Balaban J connectivity index is 1.31. The predicted molar refractivity (Wildman–Crippen MR) is 130 cm³/mol. The zero-order chi connectivity index (χ0) is 26.6. The Kier molecular flexibility index (Phi) is 7.63. The number of nitrogens with one attached hydrogen (secondary N) is 2. The van der Waals surface area contributed by atoms with Crippen LogP contribution in [0.25, 0.3) is 0 Å². The van der Waals surface area contributed by atoms with E-state index in [2.05, 4.69) is 20.6 Å². The Hall–Kier alpha value is -4.12. The maximum atomic E-state index is 13.0. The molecule has 1 amide bonds. The van der Waals surface area contributed by atoms with Gasteiger partial charge < -0.3 is 20.5 Å². The van der Waals surface area contributed by atoms with Crippen molar-refractivity contribution in [3.05, 3.63) is 82.6 Å². The molecule has 4 rings (SSSR count). The number of aromatic nitrogens is 1. The van der Waals surface area contributed by atoms with Gasteiger partial charge >= 0.3 is 12.1 Å². The smallest absolute Gasteiger partial charge is 0.417 e. The molecule has 2 heterocycles. The second kappa shape index (κ2) is 10.9. The number of amides is 1. The van der Waals surface area contributed by atoms with Crippen LogP contribution in [-0.4, -0.2) is 40.4 Å². The van der Waals surface area contributed by atoms with E-state index in [9.17, 15) is 22.8 Å². The van der Waals surface area contributed by atoms with E-state index in [1.807, 2.05) is 0 Å². The van der Waals surface area contributed by atoms with E-state index >= 15 is 0 Å². The molecule has 1 atom stereocenters. The fourth-order valence-electron chi connectivity index (χ4n) is 3.50. The van der Waals surface area contributed by atoms with Gasteiger partial charge in [-0.15, -0.1) is 0 Å². The van der Waals surface area contributed by atoms with E-state index in [1.165, 1.54) is 12.3 Å². The molecular weight excluding hydrogens is 513 g/mol. The summed E-state index contributed by atoms with van der Waals surface area (Å²) >= 11 is 5.60. The Morgan fingerprint density at radius 1 is 1.11 bits per heavy atom. The normalized spacial score (nSPS) is 15.0. The van der Waals surface area contributed by atoms with Gasteiger partial charge in [0.15, 0.2) is 0 Å². The first-order chi connectivity index (χ1) is 17.6. The monoisotopic (exact) mass is 532 g/mol. The summed E-state index contributed by atoms with van der Waals surface area (Å²) in [5.41, 5.74) is 0.279. The number of hydrogen-bond acceptors (Lipinski definition) is 6. The molecule has 1 unspecified atom stereocenters. The van der Waals surface area contributed by atoms with Crippen LogP contribution in [0, 0.1) is 0 Å². The number of aryl methyl sites for hydroxylation is 1. The van der Waals surface area contributed by atoms with Gasteiger partial charge in [-0.1, -0.05) is 23.7 Å². The van der Waals surface area contributed by atoms with Crippen molar-refractivity contribution in [2.24, 2.45) is 4.99 Å². The molecule has 1 aliphatic rings. The van der Waals surface area contributed by atoms with Crippen LogP contribution in [0.5, 0.6) is 11.5 Å². The maximum absolute atomic E-state index is 13.0. The van der Waals surface area contributed by atoms with Gasteiger partial charge in [0.2, 0.25) is 5.91 Å². The molecule has 0 bridgehead atoms. The molecule has 37 heavy (non-hydrogen) atoms. The molecule has 1 aromatic heterocycles. The van der Waals surface area contributed by atoms with E-state index in [1.54, 1.807) is 36.4 Å². The van der Waals surface area contributed by atoms with Gasteiger partial charge in [0.1, 0.15) is 29.1 Å². The summed E-state index contributed by atoms with van der Waals surface area (Å²) in [6, 6.07) is 12.7. The number of amidine groups is 1. The molecule has 2 aromatic carbocycles. The molecule has 1 aliphatic heterocycles. The highest BCUT2D eigenvalue weighted by atomic mass is 35.5. The Morgan fingerprint density at radius 2 is 1.86 bits per heavy atom. The second-order valence-corrected chi connectivity index (χ2v) is 8.50. The lowest BCUT2D eigenvalue weighted by atomic mass is 10.1. The van der Waals surface area contributed by atoms with E-state index in [0.29, 0.717) is 29.4 Å². The Labute approximate surface area is 214 Å². The Bertz CT molecular complexity index is 1350. The number of aliphatic imine (C=N–C) groups is 1. The van der Waals surface area contributed by atoms with E-state index in [-0.39, 0.29) is 18.7 Å². The highest BCUT2D eigenvalue weighted by molar-refractivity contribution is 6.31. The zero-order valence-electron chi connectivity index (χ0n) is 19.1. The number of carbonyl (C=O) groups is 2. The van der Waals surface area contributed by atoms with Crippen molar-refractivity contribution in [3.63, 3.8) is 0 Å². The van der Waals surface area contributed by atoms with Gasteiger partial charge in [-0.25, -0.2) is 4.79 Å². The summed E-state index contributed by atoms with van der Waals surface area (Å²) in [7, 11) is 0. The maximum Gasteiger partial charge on any atom is 0.417 e. The molecule has 12 heteroatoms. The van der Waals surface area contributed by atoms with Crippen molar-refractivity contribution in [3.8, 4) is 11.5 Å². The number of ether oxygens (including phenoxy) is 1. The van der Waals surface area contributed by atoms with Crippen LogP contribution in [0.2, 0.25) is 5.02 Å². The Morgan fingerprint density at radius 3 is 2.54 bits per heavy atom. The van der Waals surface area contributed by atoms with Gasteiger partial charge in [-0.3, -0.25) is 14.8 Å². The standard InChI is InChI=1S/C25H20ClF3N4O4/c26-19-7-4-15(11-18(19)25(27,28)29)32-22(34)8-3-14-1-5-16(6-2-14)37-17-9-10-30-20(12-17)23-31-13-21(33-23)24(35)36/h1-2,4-7,9-12,21H,3,8,13H2,(H,31,33)(H,32,34)(H,35,36). The molecule has 0 aliphatic carbocycles. The number of benzene rings is 2. The molecule has 3 N–H and O–H groups in total. The third kappa shape index (κ3) is 6.76. The fourth-order valence-corrected chi connectivity index (χ4v) is 3.72. The van der Waals surface area contributed by atoms with Crippen molar-refractivity contribution in [1.82, 2.24) is 10.3 Å². The third-order valence-electron chi connectivity index (χ3n) is 5.37. The van der Waals surface area contributed by atoms with E-state index < -0.39 is 34.7 Å². The summed E-state index contributed by atoms with van der Waals surface area (Å²) in [5.74, 6) is -0.0600. The minimum Gasteiger partial charge on any atom is -0.480 e. The first-order valence-corrected chi connectivity index (χ1v) is 11.4. The number of pyridine rings is 1. The number of carboxylic acid groups (broad SMARTS) is 1. The molecule has 0 radical (unpaired) electrons.